The van der Waals surface area contributed by atoms with Crippen molar-refractivity contribution in [3.8, 4) is 0 Å². The summed E-state index contributed by atoms with van der Waals surface area (Å²) in [7, 11) is 2.12. The highest BCUT2D eigenvalue weighted by molar-refractivity contribution is 6.43. The van der Waals surface area contributed by atoms with Crippen LogP contribution in [0.15, 0.2) is 34.4 Å². The lowest BCUT2D eigenvalue weighted by atomic mass is 9.95. The zero-order valence-corrected chi connectivity index (χ0v) is 13.7. The van der Waals surface area contributed by atoms with Gasteiger partial charge in [-0.1, -0.05) is 17.7 Å². The third kappa shape index (κ3) is 2.68. The second-order valence-corrected chi connectivity index (χ2v) is 6.69. The first-order valence-electron chi connectivity index (χ1n) is 7.86. The van der Waals surface area contributed by atoms with Gasteiger partial charge < -0.3 is 9.80 Å². The van der Waals surface area contributed by atoms with Crippen LogP contribution in [0.4, 0.5) is 10.1 Å². The Kier molecular flexibility index (Phi) is 3.70. The first-order valence-corrected chi connectivity index (χ1v) is 8.24. The molecule has 0 aromatic heterocycles. The fourth-order valence-corrected chi connectivity index (χ4v) is 3.49. The molecule has 0 N–H and O–H groups in total. The number of hydrogen-bond donors (Lipinski definition) is 0. The second kappa shape index (κ2) is 5.73. The van der Waals surface area contributed by atoms with Crippen LogP contribution in [0.1, 0.15) is 5.56 Å². The van der Waals surface area contributed by atoms with Gasteiger partial charge in [0.15, 0.2) is 5.84 Å². The van der Waals surface area contributed by atoms with Gasteiger partial charge in [0.1, 0.15) is 5.82 Å². The summed E-state index contributed by atoms with van der Waals surface area (Å²) in [5, 5.41) is 0.155. The van der Waals surface area contributed by atoms with Gasteiger partial charge in [-0.2, -0.15) is 0 Å². The van der Waals surface area contributed by atoms with E-state index in [0.29, 0.717) is 5.69 Å². The van der Waals surface area contributed by atoms with E-state index in [2.05, 4.69) is 27.9 Å². The van der Waals surface area contributed by atoms with E-state index in [9.17, 15) is 4.39 Å². The average molecular weight is 333 g/mol. The molecule has 3 aliphatic rings. The minimum Gasteiger partial charge on any atom is -0.353 e. The zero-order valence-electron chi connectivity index (χ0n) is 13.0. The van der Waals surface area contributed by atoms with Crippen molar-refractivity contribution in [1.82, 2.24) is 9.80 Å². The van der Waals surface area contributed by atoms with Gasteiger partial charge in [0.2, 0.25) is 0 Å². The summed E-state index contributed by atoms with van der Waals surface area (Å²) in [5.41, 5.74) is 2.64. The molecule has 0 radical (unpaired) electrons. The lowest BCUT2D eigenvalue weighted by Gasteiger charge is -2.35. The van der Waals surface area contributed by atoms with Crippen LogP contribution >= 0.6 is 11.6 Å². The van der Waals surface area contributed by atoms with Crippen LogP contribution in [-0.4, -0.2) is 54.6 Å². The van der Waals surface area contributed by atoms with Crippen LogP contribution in [0.5, 0.6) is 0 Å². The predicted molar refractivity (Wildman–Crippen MR) is 91.3 cm³/mol. The van der Waals surface area contributed by atoms with E-state index in [1.54, 1.807) is 6.07 Å². The maximum atomic E-state index is 13.9. The standard InChI is InChI=1S/C17H18ClFN4/c1-22-4-6-23(7-5-22)17-16-11(2-3-20-16)8-12-9-13(18)14(19)10-15(12)21-17/h2-3,9-11H,4-8H2,1H3. The van der Waals surface area contributed by atoms with Crippen LogP contribution in [0.25, 0.3) is 0 Å². The molecule has 0 spiro atoms. The molecule has 6 heteroatoms. The molecule has 1 fully saturated rings. The quantitative estimate of drug-likeness (QED) is 0.731. The van der Waals surface area contributed by atoms with Crippen molar-refractivity contribution in [1.29, 1.82) is 0 Å². The Morgan fingerprint density at radius 1 is 1.22 bits per heavy atom. The van der Waals surface area contributed by atoms with Crippen LogP contribution < -0.4 is 0 Å². The molecule has 3 aliphatic heterocycles. The van der Waals surface area contributed by atoms with Gasteiger partial charge in [-0.15, -0.1) is 0 Å². The lowest BCUT2D eigenvalue weighted by molar-refractivity contribution is 0.217. The minimum atomic E-state index is -0.420. The fraction of sp³-hybridized carbons (Fsp3) is 0.412. The van der Waals surface area contributed by atoms with Crippen molar-refractivity contribution in [3.05, 3.63) is 40.8 Å². The van der Waals surface area contributed by atoms with Gasteiger partial charge in [0.05, 0.1) is 16.4 Å². The Morgan fingerprint density at radius 3 is 2.78 bits per heavy atom. The number of benzene rings is 1. The van der Waals surface area contributed by atoms with Gasteiger partial charge in [-0.3, -0.25) is 4.99 Å². The summed E-state index contributed by atoms with van der Waals surface area (Å²) in [5.74, 6) is 0.654. The van der Waals surface area contributed by atoms with Gasteiger partial charge in [-0.05, 0) is 25.1 Å². The molecule has 4 nitrogen and oxygen atoms in total. The van der Waals surface area contributed by atoms with E-state index in [1.807, 2.05) is 6.20 Å². The van der Waals surface area contributed by atoms with Crippen LogP contribution in [0.3, 0.4) is 0 Å². The number of allylic oxidation sites excluding steroid dienone is 1. The Morgan fingerprint density at radius 2 is 2.00 bits per heavy atom. The number of hydrogen-bond acceptors (Lipinski definition) is 4. The molecule has 1 aromatic rings. The first-order chi connectivity index (χ1) is 11.1. The summed E-state index contributed by atoms with van der Waals surface area (Å²) in [4.78, 5) is 13.9. The predicted octanol–water partition coefficient (Wildman–Crippen LogP) is 2.90. The van der Waals surface area contributed by atoms with Gasteiger partial charge in [-0.25, -0.2) is 9.38 Å². The van der Waals surface area contributed by atoms with Gasteiger partial charge >= 0.3 is 0 Å². The molecule has 4 rings (SSSR count). The number of fused-ring (bicyclic) bond motifs is 2. The van der Waals surface area contributed by atoms with E-state index in [1.165, 1.54) is 6.07 Å². The molecule has 1 atom stereocenters. The molecular weight excluding hydrogens is 315 g/mol. The summed E-state index contributed by atoms with van der Waals surface area (Å²) >= 11 is 5.96. The molecule has 23 heavy (non-hydrogen) atoms. The summed E-state index contributed by atoms with van der Waals surface area (Å²) in [6.45, 7) is 3.80. The Balaban J connectivity index is 1.78. The normalized spacial score (nSPS) is 24.0. The van der Waals surface area contributed by atoms with E-state index in [-0.39, 0.29) is 10.9 Å². The third-order valence-corrected chi connectivity index (χ3v) is 4.99. The molecule has 1 aromatic carbocycles. The van der Waals surface area contributed by atoms with Crippen molar-refractivity contribution >= 4 is 28.8 Å². The zero-order chi connectivity index (χ0) is 16.0. The fourth-order valence-electron chi connectivity index (χ4n) is 3.31. The number of nitrogens with zero attached hydrogens (tertiary/aromatic N) is 4. The molecule has 1 saturated heterocycles. The number of aliphatic imine (C=N–C) groups is 2. The Labute approximate surface area is 140 Å². The first kappa shape index (κ1) is 14.8. The molecular formula is C17H18ClFN4. The van der Waals surface area contributed by atoms with Crippen molar-refractivity contribution in [3.63, 3.8) is 0 Å². The molecule has 3 heterocycles. The van der Waals surface area contributed by atoms with Crippen molar-refractivity contribution in [2.24, 2.45) is 15.9 Å². The van der Waals surface area contributed by atoms with Crippen molar-refractivity contribution < 1.29 is 4.39 Å². The summed E-state index contributed by atoms with van der Waals surface area (Å²) < 4.78 is 13.9. The maximum absolute atomic E-state index is 13.9. The minimum absolute atomic E-state index is 0.155. The smallest absolute Gasteiger partial charge is 0.151 e. The van der Waals surface area contributed by atoms with Gasteiger partial charge in [0, 0.05) is 44.4 Å². The number of halogens is 2. The molecule has 120 valence electrons. The van der Waals surface area contributed by atoms with Crippen molar-refractivity contribution in [2.45, 2.75) is 6.42 Å². The average Bonchev–Trinajstić information content (AvgIpc) is 2.93. The van der Waals surface area contributed by atoms with E-state index in [0.717, 1.165) is 49.7 Å². The molecule has 0 bridgehead atoms. The summed E-state index contributed by atoms with van der Waals surface area (Å²) in [6.07, 6.45) is 4.69. The molecule has 0 amide bonds. The number of piperazine rings is 1. The monoisotopic (exact) mass is 332 g/mol. The maximum Gasteiger partial charge on any atom is 0.151 e. The highest BCUT2D eigenvalue weighted by Gasteiger charge is 2.31. The molecule has 1 unspecified atom stereocenters. The van der Waals surface area contributed by atoms with Gasteiger partial charge in [0.25, 0.3) is 0 Å². The highest BCUT2D eigenvalue weighted by atomic mass is 35.5. The SMILES string of the molecule is CN1CCN(C2=Nc3cc(F)c(Cl)cc3CC3C=CN=C23)CC1. The largest absolute Gasteiger partial charge is 0.353 e. The number of likely N-dealkylation sites (N-methyl/N-ethyl adjacent to an activating group) is 1. The van der Waals surface area contributed by atoms with E-state index >= 15 is 0 Å². The second-order valence-electron chi connectivity index (χ2n) is 6.29. The van der Waals surface area contributed by atoms with Crippen LogP contribution in [-0.2, 0) is 6.42 Å². The topological polar surface area (TPSA) is 31.2 Å². The third-order valence-electron chi connectivity index (χ3n) is 4.70. The summed E-state index contributed by atoms with van der Waals surface area (Å²) in [6, 6.07) is 3.14. The highest BCUT2D eigenvalue weighted by Crippen LogP contribution is 2.33. The number of amidine groups is 1. The van der Waals surface area contributed by atoms with Crippen LogP contribution in [0.2, 0.25) is 5.02 Å². The lowest BCUT2D eigenvalue weighted by Crippen LogP contribution is -2.49. The molecule has 0 saturated carbocycles. The molecule has 0 aliphatic carbocycles. The Bertz CT molecular complexity index is 732. The van der Waals surface area contributed by atoms with Crippen LogP contribution in [0, 0.1) is 11.7 Å². The van der Waals surface area contributed by atoms with E-state index < -0.39 is 5.82 Å². The Hall–Kier alpha value is -1.72. The van der Waals surface area contributed by atoms with Crippen molar-refractivity contribution in [2.75, 3.05) is 33.2 Å². The number of rotatable bonds is 0. The van der Waals surface area contributed by atoms with E-state index in [4.69, 9.17) is 16.6 Å².